The van der Waals surface area contributed by atoms with E-state index in [2.05, 4.69) is 5.32 Å². The Morgan fingerprint density at radius 3 is 2.72 bits per heavy atom. The summed E-state index contributed by atoms with van der Waals surface area (Å²) in [5.74, 6) is 0.942. The molecule has 1 aliphatic heterocycles. The van der Waals surface area contributed by atoms with Crippen LogP contribution >= 0.6 is 11.6 Å². The molecule has 0 amide bonds. The van der Waals surface area contributed by atoms with E-state index in [4.69, 9.17) is 16.3 Å². The van der Waals surface area contributed by atoms with Crippen molar-refractivity contribution in [2.45, 2.75) is 26.2 Å². The number of halogens is 2. The van der Waals surface area contributed by atoms with Gasteiger partial charge in [0.15, 0.2) is 0 Å². The van der Waals surface area contributed by atoms with Crippen molar-refractivity contribution < 1.29 is 9.13 Å². The number of rotatable bonds is 3. The van der Waals surface area contributed by atoms with E-state index in [0.717, 1.165) is 49.2 Å². The number of ether oxygens (including phenoxy) is 1. The second-order valence-corrected chi connectivity index (χ2v) is 5.28. The van der Waals surface area contributed by atoms with Crippen LogP contribution in [-0.2, 0) is 6.42 Å². The number of hydrogen-bond acceptors (Lipinski definition) is 2. The van der Waals surface area contributed by atoms with Gasteiger partial charge in [-0.1, -0.05) is 11.6 Å². The molecule has 18 heavy (non-hydrogen) atoms. The molecule has 2 rings (SSSR count). The molecule has 4 heteroatoms. The first-order valence-corrected chi connectivity index (χ1v) is 6.73. The number of benzene rings is 1. The van der Waals surface area contributed by atoms with Crippen LogP contribution in [0.15, 0.2) is 6.07 Å². The number of aryl methyl sites for hydroxylation is 1. The van der Waals surface area contributed by atoms with Crippen LogP contribution in [0.1, 0.15) is 24.0 Å². The van der Waals surface area contributed by atoms with Crippen molar-refractivity contribution in [3.05, 3.63) is 28.0 Å². The highest BCUT2D eigenvalue weighted by molar-refractivity contribution is 6.31. The van der Waals surface area contributed by atoms with Crippen molar-refractivity contribution in [1.29, 1.82) is 0 Å². The van der Waals surface area contributed by atoms with Gasteiger partial charge in [0.05, 0.1) is 12.1 Å². The highest BCUT2D eigenvalue weighted by Crippen LogP contribution is 2.35. The molecule has 1 heterocycles. The van der Waals surface area contributed by atoms with E-state index in [1.165, 1.54) is 6.07 Å². The molecule has 100 valence electrons. The van der Waals surface area contributed by atoms with E-state index in [1.54, 1.807) is 7.11 Å². The summed E-state index contributed by atoms with van der Waals surface area (Å²) in [7, 11) is 1.61. The Balaban J connectivity index is 2.29. The van der Waals surface area contributed by atoms with E-state index in [0.29, 0.717) is 5.92 Å². The molecular weight excluding hydrogens is 253 g/mol. The lowest BCUT2D eigenvalue weighted by Crippen LogP contribution is -2.28. The minimum atomic E-state index is -0.348. The number of methoxy groups -OCH3 is 1. The van der Waals surface area contributed by atoms with Crippen molar-refractivity contribution >= 4 is 11.6 Å². The van der Waals surface area contributed by atoms with Gasteiger partial charge in [0.25, 0.3) is 0 Å². The van der Waals surface area contributed by atoms with Crippen molar-refractivity contribution in [3.8, 4) is 5.75 Å². The molecule has 1 aromatic carbocycles. The minimum absolute atomic E-state index is 0.219. The Kier molecular flexibility index (Phi) is 4.46. The van der Waals surface area contributed by atoms with Gasteiger partial charge in [-0.25, -0.2) is 4.39 Å². The quantitative estimate of drug-likeness (QED) is 0.910. The zero-order chi connectivity index (χ0) is 13.1. The maximum atomic E-state index is 13.7. The molecule has 0 spiro atoms. The molecule has 0 atom stereocenters. The average molecular weight is 272 g/mol. The van der Waals surface area contributed by atoms with Crippen LogP contribution in [-0.4, -0.2) is 20.2 Å². The second kappa shape index (κ2) is 5.89. The predicted molar refractivity (Wildman–Crippen MR) is 72.0 cm³/mol. The maximum absolute atomic E-state index is 13.7. The molecule has 0 bridgehead atoms. The minimum Gasteiger partial charge on any atom is -0.496 e. The molecule has 1 N–H and O–H groups in total. The summed E-state index contributed by atoms with van der Waals surface area (Å²) in [5.41, 5.74) is 1.63. The fraction of sp³-hybridized carbons (Fsp3) is 0.571. The molecule has 0 unspecified atom stereocenters. The number of nitrogens with one attached hydrogen (secondary N) is 1. The van der Waals surface area contributed by atoms with Crippen LogP contribution in [0.2, 0.25) is 5.02 Å². The van der Waals surface area contributed by atoms with Gasteiger partial charge in [-0.2, -0.15) is 0 Å². The third-order valence-electron chi connectivity index (χ3n) is 3.61. The van der Waals surface area contributed by atoms with Gasteiger partial charge >= 0.3 is 0 Å². The lowest BCUT2D eigenvalue weighted by atomic mass is 9.90. The number of piperidine rings is 1. The summed E-state index contributed by atoms with van der Waals surface area (Å²) < 4.78 is 19.1. The summed E-state index contributed by atoms with van der Waals surface area (Å²) in [6.45, 7) is 3.90. The first kappa shape index (κ1) is 13.6. The van der Waals surface area contributed by atoms with Gasteiger partial charge in [0, 0.05) is 5.56 Å². The largest absolute Gasteiger partial charge is 0.496 e. The van der Waals surface area contributed by atoms with Crippen LogP contribution in [0.4, 0.5) is 4.39 Å². The van der Waals surface area contributed by atoms with Gasteiger partial charge in [-0.05, 0) is 56.8 Å². The Hall–Kier alpha value is -0.800. The third-order valence-corrected chi connectivity index (χ3v) is 4.01. The van der Waals surface area contributed by atoms with Gasteiger partial charge in [-0.15, -0.1) is 0 Å². The first-order valence-electron chi connectivity index (χ1n) is 6.35. The monoisotopic (exact) mass is 271 g/mol. The molecule has 2 nitrogen and oxygen atoms in total. The molecular formula is C14H19ClFNO. The lowest BCUT2D eigenvalue weighted by molar-refractivity contribution is 0.359. The van der Waals surface area contributed by atoms with Gasteiger partial charge in [0.1, 0.15) is 11.6 Å². The first-order chi connectivity index (χ1) is 8.63. The van der Waals surface area contributed by atoms with Gasteiger partial charge < -0.3 is 10.1 Å². The van der Waals surface area contributed by atoms with E-state index in [9.17, 15) is 4.39 Å². The van der Waals surface area contributed by atoms with Crippen LogP contribution in [0, 0.1) is 18.7 Å². The normalized spacial score (nSPS) is 16.9. The topological polar surface area (TPSA) is 21.3 Å². The summed E-state index contributed by atoms with van der Waals surface area (Å²) in [4.78, 5) is 0. The molecule has 0 radical (unpaired) electrons. The second-order valence-electron chi connectivity index (χ2n) is 4.90. The summed E-state index contributed by atoms with van der Waals surface area (Å²) in [5, 5.41) is 3.55. The van der Waals surface area contributed by atoms with Gasteiger partial charge in [-0.3, -0.25) is 0 Å². The zero-order valence-corrected chi connectivity index (χ0v) is 11.6. The molecule has 0 saturated carbocycles. The average Bonchev–Trinajstić information content (AvgIpc) is 2.37. The highest BCUT2D eigenvalue weighted by Gasteiger charge is 2.21. The fourth-order valence-corrected chi connectivity index (χ4v) is 2.86. The highest BCUT2D eigenvalue weighted by atomic mass is 35.5. The standard InChI is InChI=1S/C14H19ClFNO/c1-9-7-12(16)13(15)11(14(9)18-2)8-10-3-5-17-6-4-10/h7,10,17H,3-6,8H2,1-2H3. The number of hydrogen-bond donors (Lipinski definition) is 1. The predicted octanol–water partition coefficient (Wildman–Crippen LogP) is 3.34. The molecule has 1 aromatic rings. The van der Waals surface area contributed by atoms with E-state index < -0.39 is 0 Å². The Morgan fingerprint density at radius 2 is 2.11 bits per heavy atom. The molecule has 1 saturated heterocycles. The molecule has 1 fully saturated rings. The van der Waals surface area contributed by atoms with Crippen molar-refractivity contribution in [2.24, 2.45) is 5.92 Å². The fourth-order valence-electron chi connectivity index (χ4n) is 2.64. The molecule has 0 aromatic heterocycles. The smallest absolute Gasteiger partial charge is 0.142 e. The van der Waals surface area contributed by atoms with Crippen molar-refractivity contribution in [3.63, 3.8) is 0 Å². The van der Waals surface area contributed by atoms with E-state index in [-0.39, 0.29) is 10.8 Å². The van der Waals surface area contributed by atoms with Crippen LogP contribution < -0.4 is 10.1 Å². The molecule has 0 aliphatic carbocycles. The van der Waals surface area contributed by atoms with E-state index >= 15 is 0 Å². The maximum Gasteiger partial charge on any atom is 0.142 e. The third kappa shape index (κ3) is 2.78. The van der Waals surface area contributed by atoms with Gasteiger partial charge in [0.2, 0.25) is 0 Å². The Morgan fingerprint density at radius 1 is 1.44 bits per heavy atom. The van der Waals surface area contributed by atoms with Crippen LogP contribution in [0.3, 0.4) is 0 Å². The Labute approximate surface area is 112 Å². The van der Waals surface area contributed by atoms with Crippen molar-refractivity contribution in [2.75, 3.05) is 20.2 Å². The van der Waals surface area contributed by atoms with Crippen molar-refractivity contribution in [1.82, 2.24) is 5.32 Å². The van der Waals surface area contributed by atoms with Crippen LogP contribution in [0.25, 0.3) is 0 Å². The van der Waals surface area contributed by atoms with E-state index in [1.807, 2.05) is 6.92 Å². The zero-order valence-electron chi connectivity index (χ0n) is 10.9. The lowest BCUT2D eigenvalue weighted by Gasteiger charge is -2.24. The summed E-state index contributed by atoms with van der Waals surface area (Å²) in [6, 6.07) is 1.44. The van der Waals surface area contributed by atoms with Crippen LogP contribution in [0.5, 0.6) is 5.75 Å². The molecule has 1 aliphatic rings. The summed E-state index contributed by atoms with van der Waals surface area (Å²) >= 11 is 6.10. The SMILES string of the molecule is COc1c(C)cc(F)c(Cl)c1CC1CCNCC1. The Bertz CT molecular complexity index is 430. The summed E-state index contributed by atoms with van der Waals surface area (Å²) in [6.07, 6.45) is 3.01.